The average Bonchev–Trinajstić information content (AvgIpc) is 3.21. The predicted molar refractivity (Wildman–Crippen MR) is 98.5 cm³/mol. The van der Waals surface area contributed by atoms with Crippen molar-refractivity contribution in [3.05, 3.63) is 34.2 Å². The van der Waals surface area contributed by atoms with Crippen molar-refractivity contribution < 1.29 is 4.79 Å². The second-order valence-corrected chi connectivity index (χ2v) is 7.98. The summed E-state index contributed by atoms with van der Waals surface area (Å²) in [5, 5.41) is 7.06. The lowest BCUT2D eigenvalue weighted by atomic mass is 9.97. The van der Waals surface area contributed by atoms with E-state index in [0.717, 1.165) is 41.6 Å². The molecule has 1 fully saturated rings. The largest absolute Gasteiger partial charge is 0.317 e. The predicted octanol–water partition coefficient (Wildman–Crippen LogP) is 3.55. The number of thiazole rings is 1. The quantitative estimate of drug-likeness (QED) is 0.898. The van der Waals surface area contributed by atoms with E-state index < -0.39 is 0 Å². The minimum Gasteiger partial charge on any atom is -0.317 e. The molecule has 24 heavy (non-hydrogen) atoms. The van der Waals surface area contributed by atoms with Gasteiger partial charge in [-0.3, -0.25) is 4.79 Å². The van der Waals surface area contributed by atoms with Gasteiger partial charge in [-0.15, -0.1) is 11.3 Å². The Morgan fingerprint density at radius 1 is 1.25 bits per heavy atom. The van der Waals surface area contributed by atoms with Crippen LogP contribution in [0.5, 0.6) is 0 Å². The molecule has 0 atom stereocenters. The van der Waals surface area contributed by atoms with E-state index in [0.29, 0.717) is 0 Å². The molecule has 1 aromatic carbocycles. The first-order valence-electron chi connectivity index (χ1n) is 8.82. The summed E-state index contributed by atoms with van der Waals surface area (Å²) in [5.41, 5.74) is 5.12. The van der Waals surface area contributed by atoms with Crippen molar-refractivity contribution in [2.45, 2.75) is 39.0 Å². The fraction of sp³-hybridized carbons (Fsp3) is 0.474. The maximum absolute atomic E-state index is 12.4. The number of hydrogen-bond donors (Lipinski definition) is 2. The van der Waals surface area contributed by atoms with Crippen LogP contribution in [0.3, 0.4) is 0 Å². The third-order valence-corrected chi connectivity index (χ3v) is 5.99. The fourth-order valence-electron chi connectivity index (χ4n) is 3.73. The molecular formula is C19H23N3OS. The molecule has 1 aliphatic heterocycles. The molecule has 2 heterocycles. The molecule has 0 unspecified atom stereocenters. The summed E-state index contributed by atoms with van der Waals surface area (Å²) in [6.45, 7) is 3.94. The average molecular weight is 341 g/mol. The Labute approximate surface area is 146 Å². The lowest BCUT2D eigenvalue weighted by molar-refractivity contribution is -0.120. The molecule has 0 bridgehead atoms. The lowest BCUT2D eigenvalue weighted by Gasteiger charge is -2.21. The maximum Gasteiger partial charge on any atom is 0.229 e. The van der Waals surface area contributed by atoms with Crippen LogP contribution >= 0.6 is 11.3 Å². The van der Waals surface area contributed by atoms with Crippen molar-refractivity contribution in [1.82, 2.24) is 10.3 Å². The van der Waals surface area contributed by atoms with Crippen molar-refractivity contribution in [3.63, 3.8) is 0 Å². The van der Waals surface area contributed by atoms with Crippen molar-refractivity contribution in [2.75, 3.05) is 18.4 Å². The van der Waals surface area contributed by atoms with Crippen molar-refractivity contribution in [2.24, 2.45) is 5.92 Å². The number of rotatable bonds is 3. The van der Waals surface area contributed by atoms with E-state index in [1.807, 2.05) is 0 Å². The normalized spacial score (nSPS) is 17.7. The Morgan fingerprint density at radius 3 is 2.88 bits per heavy atom. The summed E-state index contributed by atoms with van der Waals surface area (Å²) in [4.78, 5) is 18.3. The van der Waals surface area contributed by atoms with Crippen LogP contribution in [0.25, 0.3) is 11.3 Å². The molecule has 0 spiro atoms. The standard InChI is InChI=1S/C19H23N3OS/c1-12-17(16-6-5-13-3-2-4-15(13)11-16)21-19(24-12)22-18(23)14-7-9-20-10-8-14/h5-6,11,14,20H,2-4,7-10H2,1H3,(H,21,22,23). The first kappa shape index (κ1) is 15.8. The second kappa shape index (κ2) is 6.65. The molecule has 5 heteroatoms. The zero-order chi connectivity index (χ0) is 16.5. The highest BCUT2D eigenvalue weighted by Gasteiger charge is 2.22. The Hall–Kier alpha value is -1.72. The molecular weight excluding hydrogens is 318 g/mol. The van der Waals surface area contributed by atoms with Crippen molar-refractivity contribution in [1.29, 1.82) is 0 Å². The fourth-order valence-corrected chi connectivity index (χ4v) is 4.57. The van der Waals surface area contributed by atoms with Gasteiger partial charge in [-0.2, -0.15) is 0 Å². The summed E-state index contributed by atoms with van der Waals surface area (Å²) in [7, 11) is 0. The molecule has 1 amide bonds. The van der Waals surface area contributed by atoms with E-state index >= 15 is 0 Å². The van der Waals surface area contributed by atoms with Gasteiger partial charge >= 0.3 is 0 Å². The number of piperidine rings is 1. The number of carbonyl (C=O) groups excluding carboxylic acids is 1. The van der Waals surface area contributed by atoms with E-state index in [-0.39, 0.29) is 11.8 Å². The number of nitrogens with one attached hydrogen (secondary N) is 2. The summed E-state index contributed by atoms with van der Waals surface area (Å²) in [6.07, 6.45) is 5.45. The summed E-state index contributed by atoms with van der Waals surface area (Å²) >= 11 is 1.58. The number of hydrogen-bond acceptors (Lipinski definition) is 4. The monoisotopic (exact) mass is 341 g/mol. The molecule has 0 saturated carbocycles. The molecule has 4 rings (SSSR count). The third kappa shape index (κ3) is 3.10. The molecule has 0 radical (unpaired) electrons. The summed E-state index contributed by atoms with van der Waals surface area (Å²) in [5.74, 6) is 0.227. The highest BCUT2D eigenvalue weighted by atomic mass is 32.1. The minimum atomic E-state index is 0.110. The maximum atomic E-state index is 12.4. The topological polar surface area (TPSA) is 54.0 Å². The SMILES string of the molecule is Cc1sc(NC(=O)C2CCNCC2)nc1-c1ccc2c(c1)CCC2. The number of aryl methyl sites for hydroxylation is 3. The molecule has 2 N–H and O–H groups in total. The van der Waals surface area contributed by atoms with Crippen LogP contribution in [0.15, 0.2) is 18.2 Å². The van der Waals surface area contributed by atoms with Gasteiger partial charge in [-0.1, -0.05) is 12.1 Å². The van der Waals surface area contributed by atoms with Crippen molar-refractivity contribution in [3.8, 4) is 11.3 Å². The van der Waals surface area contributed by atoms with Crippen LogP contribution in [0.1, 0.15) is 35.3 Å². The van der Waals surface area contributed by atoms with Gasteiger partial charge in [0.15, 0.2) is 5.13 Å². The first-order chi connectivity index (χ1) is 11.7. The third-order valence-electron chi connectivity index (χ3n) is 5.11. The van der Waals surface area contributed by atoms with Gasteiger partial charge in [0.2, 0.25) is 5.91 Å². The smallest absolute Gasteiger partial charge is 0.229 e. The van der Waals surface area contributed by atoms with Gasteiger partial charge in [0.1, 0.15) is 0 Å². The zero-order valence-electron chi connectivity index (χ0n) is 14.0. The number of aromatic nitrogens is 1. The minimum absolute atomic E-state index is 0.110. The lowest BCUT2D eigenvalue weighted by Crippen LogP contribution is -2.34. The van der Waals surface area contributed by atoms with E-state index in [9.17, 15) is 4.79 Å². The zero-order valence-corrected chi connectivity index (χ0v) is 14.8. The number of anilines is 1. The van der Waals surface area contributed by atoms with E-state index in [4.69, 9.17) is 4.98 Å². The molecule has 1 saturated heterocycles. The number of fused-ring (bicyclic) bond motifs is 1. The van der Waals surface area contributed by atoms with Crippen molar-refractivity contribution >= 4 is 22.4 Å². The van der Waals surface area contributed by atoms with Crippen LogP contribution < -0.4 is 10.6 Å². The van der Waals surface area contributed by atoms with Crippen LogP contribution in [0, 0.1) is 12.8 Å². The van der Waals surface area contributed by atoms with Crippen LogP contribution in [-0.4, -0.2) is 24.0 Å². The number of carbonyl (C=O) groups is 1. The van der Waals surface area contributed by atoms with Gasteiger partial charge < -0.3 is 10.6 Å². The highest BCUT2D eigenvalue weighted by Crippen LogP contribution is 2.33. The van der Waals surface area contributed by atoms with Gasteiger partial charge in [-0.25, -0.2) is 4.98 Å². The molecule has 4 nitrogen and oxygen atoms in total. The Morgan fingerprint density at radius 2 is 2.04 bits per heavy atom. The number of amides is 1. The first-order valence-corrected chi connectivity index (χ1v) is 9.63. The molecule has 2 aromatic rings. The van der Waals surface area contributed by atoms with Crippen LogP contribution in [0.2, 0.25) is 0 Å². The molecule has 1 aromatic heterocycles. The van der Waals surface area contributed by atoms with E-state index in [1.165, 1.54) is 36.0 Å². The number of nitrogens with zero attached hydrogens (tertiary/aromatic N) is 1. The number of benzene rings is 1. The highest BCUT2D eigenvalue weighted by molar-refractivity contribution is 7.16. The summed E-state index contributed by atoms with van der Waals surface area (Å²) in [6, 6.07) is 6.69. The Bertz CT molecular complexity index is 762. The van der Waals surface area contributed by atoms with Crippen LogP contribution in [0.4, 0.5) is 5.13 Å². The van der Waals surface area contributed by atoms with Gasteiger partial charge in [-0.05, 0) is 69.3 Å². The Balaban J connectivity index is 1.53. The van der Waals surface area contributed by atoms with Crippen LogP contribution in [-0.2, 0) is 17.6 Å². The summed E-state index contributed by atoms with van der Waals surface area (Å²) < 4.78 is 0. The van der Waals surface area contributed by atoms with E-state index in [2.05, 4.69) is 35.8 Å². The molecule has 2 aliphatic rings. The second-order valence-electron chi connectivity index (χ2n) is 6.77. The van der Waals surface area contributed by atoms with Gasteiger partial charge in [0.25, 0.3) is 0 Å². The van der Waals surface area contributed by atoms with Gasteiger partial charge in [0.05, 0.1) is 5.69 Å². The van der Waals surface area contributed by atoms with E-state index in [1.54, 1.807) is 11.3 Å². The van der Waals surface area contributed by atoms with Gasteiger partial charge in [0, 0.05) is 16.4 Å². The Kier molecular flexibility index (Phi) is 4.37. The molecule has 126 valence electrons. The molecule has 1 aliphatic carbocycles.